The summed E-state index contributed by atoms with van der Waals surface area (Å²) >= 11 is 0. The summed E-state index contributed by atoms with van der Waals surface area (Å²) in [4.78, 5) is 53.8. The van der Waals surface area contributed by atoms with Crippen LogP contribution in [0.2, 0.25) is 0 Å². The van der Waals surface area contributed by atoms with Crippen molar-refractivity contribution in [3.05, 3.63) is 123 Å². The first-order chi connectivity index (χ1) is 20.8. The summed E-state index contributed by atoms with van der Waals surface area (Å²) in [5.41, 5.74) is 0.121. The third kappa shape index (κ3) is 5.98. The summed E-state index contributed by atoms with van der Waals surface area (Å²) in [6.07, 6.45) is 1.18. The van der Waals surface area contributed by atoms with E-state index in [9.17, 15) is 24.5 Å². The number of hydrogen-bond acceptors (Lipinski definition) is 10. The Hall–Kier alpha value is -6.17. The number of nitrogens with zero attached hydrogens (tertiary/aromatic N) is 4. The van der Waals surface area contributed by atoms with Gasteiger partial charge in [0, 0.05) is 24.1 Å². The predicted octanol–water partition coefficient (Wildman–Crippen LogP) is 5.01. The fraction of sp³-hybridized carbons (Fsp3) is 0.0645. The molecule has 1 heterocycles. The number of carbonyl (C=O) groups excluding carboxylic acids is 2. The number of fused-ring (bicyclic) bond motifs is 1. The molecule has 0 radical (unpaired) electrons. The molecule has 0 aliphatic rings. The van der Waals surface area contributed by atoms with E-state index in [1.807, 2.05) is 6.07 Å². The van der Waals surface area contributed by atoms with Crippen molar-refractivity contribution < 1.29 is 28.7 Å². The number of esters is 2. The number of rotatable bonds is 8. The average Bonchev–Trinajstić information content (AvgIpc) is 3.01. The van der Waals surface area contributed by atoms with Crippen LogP contribution in [0.15, 0.2) is 101 Å². The molecule has 12 heteroatoms. The van der Waals surface area contributed by atoms with Crippen molar-refractivity contribution in [2.45, 2.75) is 6.92 Å². The van der Waals surface area contributed by atoms with Crippen LogP contribution in [-0.4, -0.2) is 39.8 Å². The van der Waals surface area contributed by atoms with Crippen LogP contribution in [0.1, 0.15) is 22.8 Å². The standard InChI is InChI=1S/C31H22N4O8/c1-19(36)42-26-16-15-21(17-27(26)41-2)31(38)43-28-22(11-8-14-25(28)35(39)40)18-32-34-29(20-9-4-3-5-10-20)33-24-13-7-6-12-23(24)30(34)37/h3-18H,1-2H3. The van der Waals surface area contributed by atoms with Crippen molar-refractivity contribution in [1.82, 2.24) is 9.66 Å². The van der Waals surface area contributed by atoms with Crippen molar-refractivity contribution in [1.29, 1.82) is 0 Å². The number of methoxy groups -OCH3 is 1. The van der Waals surface area contributed by atoms with E-state index >= 15 is 0 Å². The maximum absolute atomic E-state index is 13.5. The van der Waals surface area contributed by atoms with Crippen LogP contribution in [0.4, 0.5) is 5.69 Å². The maximum atomic E-state index is 13.5. The molecule has 214 valence electrons. The third-order valence-corrected chi connectivity index (χ3v) is 6.17. The predicted molar refractivity (Wildman–Crippen MR) is 157 cm³/mol. The highest BCUT2D eigenvalue weighted by Gasteiger charge is 2.23. The van der Waals surface area contributed by atoms with Crippen molar-refractivity contribution in [3.63, 3.8) is 0 Å². The highest BCUT2D eigenvalue weighted by atomic mass is 16.6. The number of benzene rings is 4. The molecule has 0 N–H and O–H groups in total. The SMILES string of the molecule is COc1cc(C(=O)Oc2c(C=Nn3c(-c4ccccc4)nc4ccccc4c3=O)cccc2[N+](=O)[O-])ccc1OC(C)=O. The molecule has 0 amide bonds. The molecule has 0 unspecified atom stereocenters. The number of para-hydroxylation sites is 2. The normalized spacial score (nSPS) is 10.9. The fourth-order valence-corrected chi connectivity index (χ4v) is 4.21. The molecule has 0 saturated carbocycles. The number of hydrogen-bond donors (Lipinski definition) is 0. The molecule has 0 aliphatic heterocycles. The number of nitro groups is 1. The van der Waals surface area contributed by atoms with E-state index in [4.69, 9.17) is 14.2 Å². The van der Waals surface area contributed by atoms with Gasteiger partial charge in [-0.05, 0) is 36.4 Å². The van der Waals surface area contributed by atoms with Crippen molar-refractivity contribution in [3.8, 4) is 28.6 Å². The number of ether oxygens (including phenoxy) is 3. The molecular formula is C31H22N4O8. The Morgan fingerprint density at radius 3 is 2.40 bits per heavy atom. The second kappa shape index (κ2) is 12.1. The zero-order valence-corrected chi connectivity index (χ0v) is 22.8. The second-order valence-corrected chi connectivity index (χ2v) is 8.98. The summed E-state index contributed by atoms with van der Waals surface area (Å²) in [6.45, 7) is 1.21. The van der Waals surface area contributed by atoms with Gasteiger partial charge >= 0.3 is 17.6 Å². The van der Waals surface area contributed by atoms with Crippen LogP contribution in [0.3, 0.4) is 0 Å². The number of carbonyl (C=O) groups is 2. The van der Waals surface area contributed by atoms with Gasteiger partial charge in [0.1, 0.15) is 0 Å². The van der Waals surface area contributed by atoms with Crippen molar-refractivity contribution >= 4 is 34.7 Å². The quantitative estimate of drug-likeness (QED) is 0.0813. The van der Waals surface area contributed by atoms with Crippen LogP contribution in [-0.2, 0) is 4.79 Å². The first-order valence-electron chi connectivity index (χ1n) is 12.7. The van der Waals surface area contributed by atoms with Gasteiger partial charge in [-0.2, -0.15) is 9.78 Å². The van der Waals surface area contributed by atoms with Crippen LogP contribution in [0.5, 0.6) is 17.2 Å². The van der Waals surface area contributed by atoms with Gasteiger partial charge in [-0.25, -0.2) is 9.78 Å². The lowest BCUT2D eigenvalue weighted by molar-refractivity contribution is -0.385. The molecule has 5 aromatic rings. The molecule has 0 aliphatic carbocycles. The summed E-state index contributed by atoms with van der Waals surface area (Å²) in [7, 11) is 1.32. The molecule has 0 spiro atoms. The lowest BCUT2D eigenvalue weighted by Crippen LogP contribution is -2.20. The van der Waals surface area contributed by atoms with Gasteiger partial charge in [0.05, 0.1) is 34.7 Å². The van der Waals surface area contributed by atoms with Crippen LogP contribution >= 0.6 is 0 Å². The van der Waals surface area contributed by atoms with Gasteiger partial charge < -0.3 is 14.2 Å². The van der Waals surface area contributed by atoms with E-state index in [2.05, 4.69) is 10.1 Å². The Bertz CT molecular complexity index is 1970. The van der Waals surface area contributed by atoms with Gasteiger partial charge in [0.2, 0.25) is 5.75 Å². The molecule has 0 saturated heterocycles. The van der Waals surface area contributed by atoms with E-state index in [1.54, 1.807) is 48.5 Å². The molecule has 0 bridgehead atoms. The summed E-state index contributed by atoms with van der Waals surface area (Å²) in [5.74, 6) is -1.55. The topological polar surface area (TPSA) is 152 Å². The first-order valence-corrected chi connectivity index (χ1v) is 12.7. The minimum absolute atomic E-state index is 0.0323. The van der Waals surface area contributed by atoms with Crippen LogP contribution in [0, 0.1) is 10.1 Å². The van der Waals surface area contributed by atoms with Crippen LogP contribution in [0.25, 0.3) is 22.3 Å². The lowest BCUT2D eigenvalue weighted by atomic mass is 10.1. The molecular weight excluding hydrogens is 556 g/mol. The lowest BCUT2D eigenvalue weighted by Gasteiger charge is -2.12. The zero-order valence-electron chi connectivity index (χ0n) is 22.8. The van der Waals surface area contributed by atoms with Gasteiger partial charge in [0.15, 0.2) is 17.3 Å². The Labute approximate surface area is 243 Å². The Morgan fingerprint density at radius 1 is 0.930 bits per heavy atom. The molecule has 0 atom stereocenters. The summed E-state index contributed by atoms with van der Waals surface area (Å²) in [5, 5.41) is 16.6. The molecule has 12 nitrogen and oxygen atoms in total. The summed E-state index contributed by atoms with van der Waals surface area (Å²) < 4.78 is 16.8. The minimum Gasteiger partial charge on any atom is -0.493 e. The van der Waals surface area contributed by atoms with E-state index in [0.717, 1.165) is 4.68 Å². The Balaban J connectivity index is 1.58. The molecule has 4 aromatic carbocycles. The van der Waals surface area contributed by atoms with E-state index in [1.165, 1.54) is 56.6 Å². The highest BCUT2D eigenvalue weighted by Crippen LogP contribution is 2.33. The molecule has 43 heavy (non-hydrogen) atoms. The maximum Gasteiger partial charge on any atom is 0.343 e. The Kier molecular flexibility index (Phi) is 8.01. The second-order valence-electron chi connectivity index (χ2n) is 8.98. The van der Waals surface area contributed by atoms with Gasteiger partial charge in [-0.1, -0.05) is 48.5 Å². The zero-order chi connectivity index (χ0) is 30.5. The van der Waals surface area contributed by atoms with Crippen molar-refractivity contribution in [2.24, 2.45) is 5.10 Å². The molecule has 0 fully saturated rings. The number of nitro benzene ring substituents is 1. The Morgan fingerprint density at radius 2 is 1.67 bits per heavy atom. The number of aromatic nitrogens is 2. The van der Waals surface area contributed by atoms with Crippen LogP contribution < -0.4 is 19.8 Å². The van der Waals surface area contributed by atoms with E-state index < -0.39 is 33.9 Å². The minimum atomic E-state index is -0.953. The largest absolute Gasteiger partial charge is 0.493 e. The highest BCUT2D eigenvalue weighted by molar-refractivity contribution is 5.95. The van der Waals surface area contributed by atoms with E-state index in [-0.39, 0.29) is 28.5 Å². The van der Waals surface area contributed by atoms with Crippen molar-refractivity contribution in [2.75, 3.05) is 7.11 Å². The fourth-order valence-electron chi connectivity index (χ4n) is 4.21. The molecule has 1 aromatic heterocycles. The summed E-state index contributed by atoms with van der Waals surface area (Å²) in [6, 6.07) is 23.7. The average molecular weight is 579 g/mol. The van der Waals surface area contributed by atoms with Gasteiger partial charge in [-0.15, -0.1) is 0 Å². The molecule has 5 rings (SSSR count). The van der Waals surface area contributed by atoms with Gasteiger partial charge in [0.25, 0.3) is 5.56 Å². The third-order valence-electron chi connectivity index (χ3n) is 6.17. The van der Waals surface area contributed by atoms with E-state index in [0.29, 0.717) is 16.5 Å². The monoisotopic (exact) mass is 578 g/mol. The smallest absolute Gasteiger partial charge is 0.343 e. The first kappa shape index (κ1) is 28.4. The van der Waals surface area contributed by atoms with Gasteiger partial charge in [-0.3, -0.25) is 19.7 Å².